The second-order valence-electron chi connectivity index (χ2n) is 4.75. The Morgan fingerprint density at radius 3 is 2.82 bits per heavy atom. The Hall–Kier alpha value is -1.50. The van der Waals surface area contributed by atoms with Gasteiger partial charge in [-0.15, -0.1) is 0 Å². The van der Waals surface area contributed by atoms with E-state index in [1.54, 1.807) is 6.92 Å². The minimum absolute atomic E-state index is 0.113. The Bertz CT molecular complexity index is 363. The number of nitriles is 1. The molecule has 0 aliphatic heterocycles. The van der Waals surface area contributed by atoms with Gasteiger partial charge in [0.25, 0.3) is 0 Å². The first-order valence-electron chi connectivity index (χ1n) is 5.93. The van der Waals surface area contributed by atoms with E-state index < -0.39 is 5.97 Å². The predicted molar refractivity (Wildman–Crippen MR) is 62.9 cm³/mol. The van der Waals surface area contributed by atoms with Gasteiger partial charge in [-0.3, -0.25) is 0 Å². The molecule has 0 aromatic carbocycles. The number of hydrogen-bond acceptors (Lipinski definition) is 4. The van der Waals surface area contributed by atoms with Gasteiger partial charge in [0, 0.05) is 5.41 Å². The van der Waals surface area contributed by atoms with E-state index in [1.807, 2.05) is 13.8 Å². The minimum Gasteiger partial charge on any atom is -0.485 e. The molecule has 1 rings (SSSR count). The van der Waals surface area contributed by atoms with Crippen LogP contribution in [0.4, 0.5) is 0 Å². The van der Waals surface area contributed by atoms with Crippen LogP contribution >= 0.6 is 0 Å². The van der Waals surface area contributed by atoms with Crippen LogP contribution in [-0.2, 0) is 14.3 Å². The highest BCUT2D eigenvalue weighted by Gasteiger charge is 2.32. The van der Waals surface area contributed by atoms with Crippen LogP contribution in [-0.4, -0.2) is 19.2 Å². The molecule has 0 radical (unpaired) electrons. The van der Waals surface area contributed by atoms with Crippen molar-refractivity contribution in [1.29, 1.82) is 5.26 Å². The summed E-state index contributed by atoms with van der Waals surface area (Å²) in [5, 5.41) is 9.06. The number of hydrogen-bond donors (Lipinski definition) is 0. The van der Waals surface area contributed by atoms with Crippen molar-refractivity contribution in [3.63, 3.8) is 0 Å². The maximum atomic E-state index is 11.2. The lowest BCUT2D eigenvalue weighted by molar-refractivity contribution is -0.147. The van der Waals surface area contributed by atoms with Gasteiger partial charge in [-0.05, 0) is 26.2 Å². The number of carbonyl (C=O) groups excluding carboxylic acids is 1. The van der Waals surface area contributed by atoms with Crippen molar-refractivity contribution in [2.24, 2.45) is 5.41 Å². The molecular weight excluding hydrogens is 218 g/mol. The third-order valence-electron chi connectivity index (χ3n) is 2.89. The predicted octanol–water partition coefficient (Wildman–Crippen LogP) is 2.55. The van der Waals surface area contributed by atoms with E-state index in [1.165, 1.54) is 0 Å². The molecule has 0 saturated heterocycles. The average molecular weight is 237 g/mol. The lowest BCUT2D eigenvalue weighted by atomic mass is 9.78. The normalized spacial score (nSPS) is 18.5. The monoisotopic (exact) mass is 237 g/mol. The summed E-state index contributed by atoms with van der Waals surface area (Å²) >= 11 is 0. The van der Waals surface area contributed by atoms with E-state index in [0.29, 0.717) is 17.9 Å². The van der Waals surface area contributed by atoms with E-state index in [-0.39, 0.29) is 12.0 Å². The summed E-state index contributed by atoms with van der Waals surface area (Å²) in [6.07, 6.45) is 2.69. The molecule has 0 unspecified atom stereocenters. The molecule has 0 fully saturated rings. The summed E-state index contributed by atoms with van der Waals surface area (Å²) in [5.41, 5.74) is 0.487. The third kappa shape index (κ3) is 3.48. The Balaban J connectivity index is 2.74. The highest BCUT2D eigenvalue weighted by Crippen LogP contribution is 2.40. The fourth-order valence-corrected chi connectivity index (χ4v) is 2.07. The van der Waals surface area contributed by atoms with Crippen molar-refractivity contribution in [2.45, 2.75) is 40.0 Å². The number of nitrogens with zero attached hydrogens (tertiary/aromatic N) is 1. The first kappa shape index (κ1) is 13.6. The summed E-state index contributed by atoms with van der Waals surface area (Å²) in [6.45, 7) is 6.05. The first-order valence-corrected chi connectivity index (χ1v) is 5.93. The zero-order valence-corrected chi connectivity index (χ0v) is 10.7. The lowest BCUT2D eigenvalue weighted by Gasteiger charge is -2.32. The van der Waals surface area contributed by atoms with E-state index in [4.69, 9.17) is 14.7 Å². The van der Waals surface area contributed by atoms with Crippen LogP contribution in [0.1, 0.15) is 40.0 Å². The molecule has 0 spiro atoms. The third-order valence-corrected chi connectivity index (χ3v) is 2.89. The van der Waals surface area contributed by atoms with Gasteiger partial charge in [-0.25, -0.2) is 4.79 Å². The van der Waals surface area contributed by atoms with Crippen LogP contribution in [0, 0.1) is 16.7 Å². The zero-order valence-electron chi connectivity index (χ0n) is 10.7. The van der Waals surface area contributed by atoms with Crippen LogP contribution in [0.5, 0.6) is 0 Å². The molecule has 4 heteroatoms. The van der Waals surface area contributed by atoms with Crippen LogP contribution in [0.3, 0.4) is 0 Å². The zero-order chi connectivity index (χ0) is 12.9. The molecule has 0 saturated carbocycles. The maximum Gasteiger partial charge on any atom is 0.344 e. The van der Waals surface area contributed by atoms with Gasteiger partial charge in [0.2, 0.25) is 0 Å². The van der Waals surface area contributed by atoms with E-state index in [0.717, 1.165) is 19.3 Å². The summed E-state index contributed by atoms with van der Waals surface area (Å²) in [7, 11) is 0. The van der Waals surface area contributed by atoms with Gasteiger partial charge in [-0.2, -0.15) is 5.26 Å². The van der Waals surface area contributed by atoms with Crippen LogP contribution in [0.15, 0.2) is 11.3 Å². The van der Waals surface area contributed by atoms with Crippen molar-refractivity contribution >= 4 is 5.97 Å². The first-order chi connectivity index (χ1) is 8.01. The van der Waals surface area contributed by atoms with Crippen molar-refractivity contribution in [3.05, 3.63) is 11.3 Å². The number of allylic oxidation sites excluding steroid dienone is 2. The molecular formula is C13H19NO3. The van der Waals surface area contributed by atoms with Crippen LogP contribution in [0.2, 0.25) is 0 Å². The Morgan fingerprint density at radius 2 is 2.24 bits per heavy atom. The molecule has 4 nitrogen and oxygen atoms in total. The molecule has 1 aliphatic rings. The lowest BCUT2D eigenvalue weighted by Crippen LogP contribution is -2.25. The Labute approximate surface area is 102 Å². The van der Waals surface area contributed by atoms with Gasteiger partial charge < -0.3 is 9.47 Å². The summed E-state index contributed by atoms with van der Waals surface area (Å²) in [5.74, 6) is 0.262. The van der Waals surface area contributed by atoms with E-state index >= 15 is 0 Å². The second kappa shape index (κ2) is 5.72. The van der Waals surface area contributed by atoms with Crippen molar-refractivity contribution in [3.8, 4) is 6.07 Å². The van der Waals surface area contributed by atoms with Crippen molar-refractivity contribution in [1.82, 2.24) is 0 Å². The van der Waals surface area contributed by atoms with Gasteiger partial charge in [0.05, 0.1) is 18.2 Å². The van der Waals surface area contributed by atoms with Crippen LogP contribution in [0.25, 0.3) is 0 Å². The summed E-state index contributed by atoms with van der Waals surface area (Å²) < 4.78 is 10.3. The number of carbonyl (C=O) groups is 1. The minimum atomic E-state index is -0.390. The number of esters is 1. The molecule has 0 heterocycles. The smallest absolute Gasteiger partial charge is 0.344 e. The highest BCUT2D eigenvalue weighted by molar-refractivity contribution is 5.70. The van der Waals surface area contributed by atoms with Gasteiger partial charge >= 0.3 is 5.97 Å². The van der Waals surface area contributed by atoms with Crippen LogP contribution < -0.4 is 0 Å². The molecule has 0 N–H and O–H groups in total. The maximum absolute atomic E-state index is 11.2. The summed E-state index contributed by atoms with van der Waals surface area (Å²) in [4.78, 5) is 11.2. The number of rotatable bonds is 4. The molecule has 94 valence electrons. The van der Waals surface area contributed by atoms with Crippen molar-refractivity contribution < 1.29 is 14.3 Å². The van der Waals surface area contributed by atoms with E-state index in [9.17, 15) is 4.79 Å². The highest BCUT2D eigenvalue weighted by atomic mass is 16.6. The SMILES string of the molecule is CCOC(=O)COC1=C(C#N)CCCC1(C)C. The summed E-state index contributed by atoms with van der Waals surface area (Å²) in [6, 6.07) is 2.17. The topological polar surface area (TPSA) is 59.3 Å². The van der Waals surface area contributed by atoms with Gasteiger partial charge in [0.15, 0.2) is 6.61 Å². The fraction of sp³-hybridized carbons (Fsp3) is 0.692. The van der Waals surface area contributed by atoms with E-state index in [2.05, 4.69) is 6.07 Å². The van der Waals surface area contributed by atoms with Gasteiger partial charge in [-0.1, -0.05) is 13.8 Å². The molecule has 0 aromatic rings. The molecule has 0 atom stereocenters. The largest absolute Gasteiger partial charge is 0.485 e. The fourth-order valence-electron chi connectivity index (χ4n) is 2.07. The molecule has 0 bridgehead atoms. The Kier molecular flexibility index (Phi) is 4.56. The molecule has 1 aliphatic carbocycles. The molecule has 17 heavy (non-hydrogen) atoms. The Morgan fingerprint density at radius 1 is 1.53 bits per heavy atom. The quantitative estimate of drug-likeness (QED) is 0.705. The standard InChI is InChI=1S/C13H19NO3/c1-4-16-11(15)9-17-12-10(8-14)6-5-7-13(12,2)3/h4-7,9H2,1-3H3. The average Bonchev–Trinajstić information content (AvgIpc) is 2.26. The van der Waals surface area contributed by atoms with Gasteiger partial charge in [0.1, 0.15) is 5.76 Å². The molecule has 0 aromatic heterocycles. The second-order valence-corrected chi connectivity index (χ2v) is 4.75. The van der Waals surface area contributed by atoms with Crippen molar-refractivity contribution in [2.75, 3.05) is 13.2 Å². The molecule has 0 amide bonds. The number of ether oxygens (including phenoxy) is 2.